The van der Waals surface area contributed by atoms with E-state index >= 15 is 0 Å². The fourth-order valence-electron chi connectivity index (χ4n) is 1.88. The first-order valence-corrected chi connectivity index (χ1v) is 8.11. The summed E-state index contributed by atoms with van der Waals surface area (Å²) in [6.07, 6.45) is 0.976. The Morgan fingerprint density at radius 1 is 1.56 bits per heavy atom. The molecule has 1 saturated heterocycles. The normalized spacial score (nSPS) is 21.6. The van der Waals surface area contributed by atoms with Gasteiger partial charge in [-0.05, 0) is 19.8 Å². The minimum Gasteiger partial charge on any atom is -0.450 e. The van der Waals surface area contributed by atoms with Crippen LogP contribution in [0.15, 0.2) is 0 Å². The standard InChI is InChI=1S/C10H19ClN2O4S/c1-2-17-10(14)12-9-4-3-6-13(8-9)18(15,16)7-5-11/h9H,2-8H2,1H3,(H,12,14). The average molecular weight is 299 g/mol. The number of alkyl carbamates (subject to hydrolysis) is 1. The van der Waals surface area contributed by atoms with Gasteiger partial charge in [-0.15, -0.1) is 11.6 Å². The number of nitrogens with zero attached hydrogens (tertiary/aromatic N) is 1. The van der Waals surface area contributed by atoms with E-state index < -0.39 is 16.1 Å². The number of carbonyl (C=O) groups excluding carboxylic acids is 1. The third-order valence-corrected chi connectivity index (χ3v) is 4.96. The Morgan fingerprint density at radius 2 is 2.28 bits per heavy atom. The van der Waals surface area contributed by atoms with Crippen LogP contribution >= 0.6 is 11.6 Å². The van der Waals surface area contributed by atoms with Gasteiger partial charge in [0.2, 0.25) is 10.0 Å². The van der Waals surface area contributed by atoms with Crippen LogP contribution in [-0.2, 0) is 14.8 Å². The summed E-state index contributed by atoms with van der Waals surface area (Å²) in [6.45, 7) is 2.79. The number of piperidine rings is 1. The Bertz CT molecular complexity index is 374. The molecule has 1 unspecified atom stereocenters. The molecule has 0 bridgehead atoms. The predicted molar refractivity (Wildman–Crippen MR) is 69.3 cm³/mol. The van der Waals surface area contributed by atoms with Crippen molar-refractivity contribution >= 4 is 27.7 Å². The fraction of sp³-hybridized carbons (Fsp3) is 0.900. The Hall–Kier alpha value is -0.530. The summed E-state index contributed by atoms with van der Waals surface area (Å²) in [7, 11) is -3.31. The van der Waals surface area contributed by atoms with Crippen LogP contribution in [0.4, 0.5) is 4.79 Å². The van der Waals surface area contributed by atoms with Crippen LogP contribution < -0.4 is 5.32 Å². The smallest absolute Gasteiger partial charge is 0.407 e. The molecule has 1 aliphatic heterocycles. The molecule has 1 amide bonds. The van der Waals surface area contributed by atoms with Crippen LogP contribution in [0.25, 0.3) is 0 Å². The third-order valence-electron chi connectivity index (χ3n) is 2.71. The second kappa shape index (κ2) is 7.16. The maximum Gasteiger partial charge on any atom is 0.407 e. The molecule has 18 heavy (non-hydrogen) atoms. The summed E-state index contributed by atoms with van der Waals surface area (Å²) >= 11 is 5.47. The number of sulfonamides is 1. The summed E-state index contributed by atoms with van der Waals surface area (Å²) in [6, 6.07) is -0.192. The van der Waals surface area contributed by atoms with E-state index in [1.165, 1.54) is 4.31 Å². The van der Waals surface area contributed by atoms with Gasteiger partial charge in [0.1, 0.15) is 0 Å². The van der Waals surface area contributed by atoms with E-state index in [0.717, 1.165) is 12.8 Å². The lowest BCUT2D eigenvalue weighted by atomic mass is 10.1. The predicted octanol–water partition coefficient (Wildman–Crippen LogP) is 0.766. The molecule has 1 heterocycles. The quantitative estimate of drug-likeness (QED) is 0.761. The van der Waals surface area contributed by atoms with Crippen molar-refractivity contribution in [3.05, 3.63) is 0 Å². The summed E-state index contributed by atoms with van der Waals surface area (Å²) in [5.74, 6) is 0.00941. The third kappa shape index (κ3) is 4.62. The zero-order valence-corrected chi connectivity index (χ0v) is 12.0. The highest BCUT2D eigenvalue weighted by Crippen LogP contribution is 2.14. The van der Waals surface area contributed by atoms with Crippen molar-refractivity contribution in [2.45, 2.75) is 25.8 Å². The van der Waals surface area contributed by atoms with Crippen molar-refractivity contribution in [3.8, 4) is 0 Å². The van der Waals surface area contributed by atoms with Gasteiger partial charge in [0.05, 0.1) is 12.4 Å². The summed E-state index contributed by atoms with van der Waals surface area (Å²) < 4.78 is 29.8. The van der Waals surface area contributed by atoms with E-state index in [2.05, 4.69) is 5.32 Å². The molecule has 1 atom stereocenters. The molecular formula is C10H19ClN2O4S. The van der Waals surface area contributed by atoms with Crippen LogP contribution in [-0.4, -0.2) is 56.2 Å². The van der Waals surface area contributed by atoms with E-state index in [4.69, 9.17) is 16.3 Å². The summed E-state index contributed by atoms with van der Waals surface area (Å²) in [5.41, 5.74) is 0. The molecule has 0 radical (unpaired) electrons. The van der Waals surface area contributed by atoms with Gasteiger partial charge in [-0.25, -0.2) is 13.2 Å². The van der Waals surface area contributed by atoms with Crippen molar-refractivity contribution in [2.24, 2.45) is 0 Å². The van der Waals surface area contributed by atoms with E-state index in [0.29, 0.717) is 13.2 Å². The molecule has 106 valence electrons. The zero-order chi connectivity index (χ0) is 13.6. The molecule has 0 spiro atoms. The van der Waals surface area contributed by atoms with Crippen LogP contribution in [0.5, 0.6) is 0 Å². The number of nitrogens with one attached hydrogen (secondary N) is 1. The second-order valence-electron chi connectivity index (χ2n) is 4.07. The average Bonchev–Trinajstić information content (AvgIpc) is 2.29. The number of hydrogen-bond donors (Lipinski definition) is 1. The molecule has 0 aromatic carbocycles. The maximum atomic E-state index is 11.8. The van der Waals surface area contributed by atoms with Gasteiger partial charge < -0.3 is 10.1 Å². The molecule has 1 rings (SSSR count). The topological polar surface area (TPSA) is 75.7 Å². The van der Waals surface area contributed by atoms with Gasteiger partial charge in [0.25, 0.3) is 0 Å². The van der Waals surface area contributed by atoms with E-state index in [-0.39, 0.29) is 24.2 Å². The number of rotatable bonds is 5. The molecule has 0 saturated carbocycles. The van der Waals surface area contributed by atoms with Gasteiger partial charge in [-0.2, -0.15) is 4.31 Å². The second-order valence-corrected chi connectivity index (χ2v) is 6.53. The van der Waals surface area contributed by atoms with Crippen LogP contribution in [0, 0.1) is 0 Å². The molecular weight excluding hydrogens is 280 g/mol. The Morgan fingerprint density at radius 3 is 2.89 bits per heavy atom. The van der Waals surface area contributed by atoms with Crippen LogP contribution in [0.1, 0.15) is 19.8 Å². The molecule has 0 aliphatic carbocycles. The molecule has 1 fully saturated rings. The number of halogens is 1. The first kappa shape index (κ1) is 15.5. The SMILES string of the molecule is CCOC(=O)NC1CCCN(S(=O)(=O)CCCl)C1. The van der Waals surface area contributed by atoms with Crippen molar-refractivity contribution in [2.75, 3.05) is 31.3 Å². The van der Waals surface area contributed by atoms with E-state index in [9.17, 15) is 13.2 Å². The van der Waals surface area contributed by atoms with Crippen LogP contribution in [0.3, 0.4) is 0 Å². The number of amides is 1. The van der Waals surface area contributed by atoms with Crippen molar-refractivity contribution in [1.82, 2.24) is 9.62 Å². The lowest BCUT2D eigenvalue weighted by molar-refractivity contribution is 0.142. The van der Waals surface area contributed by atoms with Gasteiger partial charge in [0, 0.05) is 25.0 Å². The molecule has 8 heteroatoms. The maximum absolute atomic E-state index is 11.8. The largest absolute Gasteiger partial charge is 0.450 e. The van der Waals surface area contributed by atoms with Gasteiger partial charge in [-0.1, -0.05) is 0 Å². The highest BCUT2D eigenvalue weighted by Gasteiger charge is 2.29. The first-order valence-electron chi connectivity index (χ1n) is 5.96. The fourth-order valence-corrected chi connectivity index (χ4v) is 3.73. The minimum absolute atomic E-state index is 0.0688. The van der Waals surface area contributed by atoms with Gasteiger partial charge >= 0.3 is 6.09 Å². The summed E-state index contributed by atoms with van der Waals surface area (Å²) in [4.78, 5) is 11.3. The Balaban J connectivity index is 2.53. The Labute approximate surface area is 113 Å². The van der Waals surface area contributed by atoms with E-state index in [1.807, 2.05) is 0 Å². The zero-order valence-electron chi connectivity index (χ0n) is 10.4. The molecule has 1 N–H and O–H groups in total. The Kier molecular flexibility index (Phi) is 6.17. The van der Waals surface area contributed by atoms with Crippen molar-refractivity contribution < 1.29 is 17.9 Å². The van der Waals surface area contributed by atoms with Crippen LogP contribution in [0.2, 0.25) is 0 Å². The lowest BCUT2D eigenvalue weighted by Crippen LogP contribution is -2.50. The van der Waals surface area contributed by atoms with Crippen molar-refractivity contribution in [3.63, 3.8) is 0 Å². The molecule has 1 aliphatic rings. The highest BCUT2D eigenvalue weighted by molar-refractivity contribution is 7.89. The molecule has 0 aromatic heterocycles. The number of alkyl halides is 1. The number of carbonyl (C=O) groups is 1. The highest BCUT2D eigenvalue weighted by atomic mass is 35.5. The molecule has 6 nitrogen and oxygen atoms in total. The van der Waals surface area contributed by atoms with Gasteiger partial charge in [0.15, 0.2) is 0 Å². The van der Waals surface area contributed by atoms with Crippen molar-refractivity contribution in [1.29, 1.82) is 0 Å². The van der Waals surface area contributed by atoms with Gasteiger partial charge in [-0.3, -0.25) is 0 Å². The summed E-state index contributed by atoms with van der Waals surface area (Å²) in [5, 5.41) is 2.66. The lowest BCUT2D eigenvalue weighted by Gasteiger charge is -2.31. The molecule has 0 aromatic rings. The van der Waals surface area contributed by atoms with E-state index in [1.54, 1.807) is 6.92 Å². The number of hydrogen-bond acceptors (Lipinski definition) is 4. The number of ether oxygens (including phenoxy) is 1. The monoisotopic (exact) mass is 298 g/mol. The minimum atomic E-state index is -3.31. The first-order chi connectivity index (χ1) is 8.49.